The summed E-state index contributed by atoms with van der Waals surface area (Å²) in [5, 5.41) is 14.3. The van der Waals surface area contributed by atoms with Gasteiger partial charge >= 0.3 is 24.2 Å². The highest BCUT2D eigenvalue weighted by Gasteiger charge is 2.56. The van der Waals surface area contributed by atoms with Crippen LogP contribution in [0, 0.1) is 0 Å². The summed E-state index contributed by atoms with van der Waals surface area (Å²) in [7, 11) is 1.61. The topological polar surface area (TPSA) is 117 Å². The van der Waals surface area contributed by atoms with Gasteiger partial charge in [0.1, 0.15) is 6.04 Å². The Bertz CT molecular complexity index is 898. The van der Waals surface area contributed by atoms with Crippen molar-refractivity contribution in [1.82, 2.24) is 24.6 Å². The second-order valence-corrected chi connectivity index (χ2v) is 8.29. The van der Waals surface area contributed by atoms with Crippen molar-refractivity contribution >= 4 is 18.1 Å². The van der Waals surface area contributed by atoms with Gasteiger partial charge in [-0.1, -0.05) is 0 Å². The Morgan fingerprint density at radius 1 is 1.35 bits per heavy atom. The van der Waals surface area contributed by atoms with Crippen LogP contribution in [0.3, 0.4) is 0 Å². The molecule has 31 heavy (non-hydrogen) atoms. The molecule has 11 nitrogen and oxygen atoms in total. The van der Waals surface area contributed by atoms with E-state index in [1.54, 1.807) is 27.8 Å². The van der Waals surface area contributed by atoms with Crippen LogP contribution in [0.25, 0.3) is 0 Å². The lowest BCUT2D eigenvalue weighted by atomic mass is 9.96. The molecular formula is C18H25F2N5O6. The molecule has 3 rings (SSSR count). The predicted molar refractivity (Wildman–Crippen MR) is 99.8 cm³/mol. The molecule has 2 aliphatic rings. The Labute approximate surface area is 177 Å². The van der Waals surface area contributed by atoms with E-state index in [0.29, 0.717) is 16.3 Å². The van der Waals surface area contributed by atoms with Crippen LogP contribution in [-0.4, -0.2) is 79.2 Å². The average molecular weight is 445 g/mol. The zero-order valence-corrected chi connectivity index (χ0v) is 17.8. The molecule has 2 bridgehead atoms. The first-order valence-electron chi connectivity index (χ1n) is 9.66. The van der Waals surface area contributed by atoms with Gasteiger partial charge in [-0.05, 0) is 27.7 Å². The number of carboxylic acid groups (broad SMARTS) is 1. The number of hydrogen-bond donors (Lipinski definition) is 1. The summed E-state index contributed by atoms with van der Waals surface area (Å²) in [5.74, 6) is -1.91. The molecular weight excluding hydrogens is 420 g/mol. The first kappa shape index (κ1) is 22.7. The highest BCUT2D eigenvalue weighted by molar-refractivity contribution is 5.80. The second-order valence-electron chi connectivity index (χ2n) is 8.29. The number of aromatic nitrogens is 2. The van der Waals surface area contributed by atoms with Crippen LogP contribution in [0.4, 0.5) is 18.4 Å². The lowest BCUT2D eigenvalue weighted by Crippen LogP contribution is -2.50. The van der Waals surface area contributed by atoms with E-state index in [2.05, 4.69) is 14.7 Å². The van der Waals surface area contributed by atoms with E-state index < -0.39 is 41.8 Å². The summed E-state index contributed by atoms with van der Waals surface area (Å²) < 4.78 is 34.2. The Balaban J connectivity index is 1.97. The van der Waals surface area contributed by atoms with Crippen molar-refractivity contribution in [3.63, 3.8) is 0 Å². The van der Waals surface area contributed by atoms with Gasteiger partial charge in [-0.25, -0.2) is 14.4 Å². The molecule has 3 heterocycles. The molecule has 13 heteroatoms. The molecule has 2 aliphatic heterocycles. The standard InChI is InChI=1S/C18H25F2N5O6/c1-6-30-14(26)18(19,20)31-25-11-8-23(15(25)27)12(13-10(11)7-21-22(13)5)9-24(16(28)29)17(2,3)4/h7,11-12H,6,8-9H2,1-5H3,(H,28,29)/t11-,12-/m1/s1. The van der Waals surface area contributed by atoms with E-state index in [9.17, 15) is 28.3 Å². The monoisotopic (exact) mass is 445 g/mol. The van der Waals surface area contributed by atoms with Gasteiger partial charge in [-0.2, -0.15) is 23.8 Å². The summed E-state index contributed by atoms with van der Waals surface area (Å²) in [5.41, 5.74) is 0.163. The van der Waals surface area contributed by atoms with Crippen molar-refractivity contribution < 1.29 is 37.8 Å². The van der Waals surface area contributed by atoms with E-state index in [-0.39, 0.29) is 19.7 Å². The van der Waals surface area contributed by atoms with Crippen LogP contribution < -0.4 is 0 Å². The van der Waals surface area contributed by atoms with Gasteiger partial charge in [0.15, 0.2) is 0 Å². The molecule has 1 aromatic heterocycles. The summed E-state index contributed by atoms with van der Waals surface area (Å²) >= 11 is 0. The third-order valence-electron chi connectivity index (χ3n) is 5.27. The van der Waals surface area contributed by atoms with Gasteiger partial charge in [0, 0.05) is 18.2 Å². The van der Waals surface area contributed by atoms with Gasteiger partial charge < -0.3 is 19.6 Å². The fourth-order valence-electron chi connectivity index (χ4n) is 3.84. The number of urea groups is 1. The normalized spacial score (nSPS) is 20.7. The molecule has 2 atom stereocenters. The van der Waals surface area contributed by atoms with Crippen molar-refractivity contribution in [1.29, 1.82) is 0 Å². The number of halogens is 2. The zero-order chi connectivity index (χ0) is 23.3. The van der Waals surface area contributed by atoms with Gasteiger partial charge in [-0.15, -0.1) is 0 Å². The number of carbonyl (C=O) groups is 3. The summed E-state index contributed by atoms with van der Waals surface area (Å²) in [6, 6.07) is -2.64. The molecule has 0 saturated carbocycles. The summed E-state index contributed by atoms with van der Waals surface area (Å²) in [6.07, 6.45) is -4.14. The molecule has 3 amide bonds. The van der Waals surface area contributed by atoms with Crippen molar-refractivity contribution in [3.05, 3.63) is 17.5 Å². The summed E-state index contributed by atoms with van der Waals surface area (Å²) in [6.45, 7) is 6.07. The number of esters is 1. The Hall–Kier alpha value is -2.96. The maximum atomic E-state index is 14.2. The molecule has 1 aromatic rings. The zero-order valence-electron chi connectivity index (χ0n) is 17.8. The number of alkyl halides is 2. The first-order chi connectivity index (χ1) is 14.3. The smallest absolute Gasteiger partial charge is 0.465 e. The van der Waals surface area contributed by atoms with Crippen molar-refractivity contribution in [3.8, 4) is 0 Å². The van der Waals surface area contributed by atoms with E-state index >= 15 is 0 Å². The number of rotatable bonds is 6. The molecule has 0 unspecified atom stereocenters. The molecule has 0 radical (unpaired) electrons. The number of ether oxygens (including phenoxy) is 1. The van der Waals surface area contributed by atoms with Crippen LogP contribution in [0.2, 0.25) is 0 Å². The summed E-state index contributed by atoms with van der Waals surface area (Å²) in [4.78, 5) is 43.3. The van der Waals surface area contributed by atoms with Crippen molar-refractivity contribution in [2.45, 2.75) is 51.4 Å². The number of aryl methyl sites for hydroxylation is 1. The van der Waals surface area contributed by atoms with Gasteiger partial charge in [0.25, 0.3) is 0 Å². The van der Waals surface area contributed by atoms with Gasteiger partial charge in [-0.3, -0.25) is 4.68 Å². The minimum absolute atomic E-state index is 0.0291. The van der Waals surface area contributed by atoms with Crippen LogP contribution in [0.5, 0.6) is 0 Å². The number of nitrogens with zero attached hydrogens (tertiary/aromatic N) is 5. The predicted octanol–water partition coefficient (Wildman–Crippen LogP) is 2.12. The van der Waals surface area contributed by atoms with Gasteiger partial charge in [0.05, 0.1) is 37.6 Å². The maximum Gasteiger partial charge on any atom is 0.477 e. The Morgan fingerprint density at radius 2 is 2.00 bits per heavy atom. The van der Waals surface area contributed by atoms with Crippen molar-refractivity contribution in [2.75, 3.05) is 19.7 Å². The molecule has 0 spiro atoms. The molecule has 172 valence electrons. The largest absolute Gasteiger partial charge is 0.477 e. The number of carbonyl (C=O) groups excluding carboxylic acids is 2. The van der Waals surface area contributed by atoms with Crippen molar-refractivity contribution in [2.24, 2.45) is 7.05 Å². The molecule has 0 aliphatic carbocycles. The molecule has 1 saturated heterocycles. The van der Waals surface area contributed by atoms with Crippen LogP contribution >= 0.6 is 0 Å². The fraction of sp³-hybridized carbons (Fsp3) is 0.667. The molecule has 0 aromatic carbocycles. The highest BCUT2D eigenvalue weighted by Crippen LogP contribution is 2.45. The lowest BCUT2D eigenvalue weighted by molar-refractivity contribution is -0.330. The third-order valence-corrected chi connectivity index (χ3v) is 5.27. The van der Waals surface area contributed by atoms with Crippen LogP contribution in [0.15, 0.2) is 6.20 Å². The minimum atomic E-state index is -4.37. The quantitative estimate of drug-likeness (QED) is 0.667. The third kappa shape index (κ3) is 3.89. The van der Waals surface area contributed by atoms with Gasteiger partial charge in [0.2, 0.25) is 0 Å². The first-order valence-corrected chi connectivity index (χ1v) is 9.66. The minimum Gasteiger partial charge on any atom is -0.465 e. The van der Waals surface area contributed by atoms with E-state index in [4.69, 9.17) is 0 Å². The Kier molecular flexibility index (Phi) is 5.59. The van der Waals surface area contributed by atoms with Crippen LogP contribution in [0.1, 0.15) is 51.0 Å². The maximum absolute atomic E-state index is 14.2. The average Bonchev–Trinajstić information content (AvgIpc) is 3.15. The fourth-order valence-corrected chi connectivity index (χ4v) is 3.84. The SMILES string of the molecule is CCOC(=O)C(F)(F)ON1C(=O)N2C[C@@H]1c1cnn(C)c1[C@H]2CN(C(=O)O)C(C)(C)C. The highest BCUT2D eigenvalue weighted by atomic mass is 19.3. The number of hydroxylamine groups is 2. The van der Waals surface area contributed by atoms with E-state index in [0.717, 1.165) is 0 Å². The molecule has 1 N–H and O–H groups in total. The number of amides is 3. The van der Waals surface area contributed by atoms with Crippen LogP contribution in [-0.2, 0) is 21.4 Å². The Morgan fingerprint density at radius 3 is 2.55 bits per heavy atom. The lowest BCUT2D eigenvalue weighted by Gasteiger charge is -2.39. The van der Waals surface area contributed by atoms with E-state index in [1.807, 2.05) is 0 Å². The second kappa shape index (κ2) is 7.62. The number of hydrogen-bond acceptors (Lipinski definition) is 6. The molecule has 1 fully saturated rings. The van der Waals surface area contributed by atoms with E-state index in [1.165, 1.54) is 27.6 Å². The number of fused-ring (bicyclic) bond motifs is 4.